The lowest BCUT2D eigenvalue weighted by Crippen LogP contribution is -2.55. The van der Waals surface area contributed by atoms with Crippen LogP contribution in [0.2, 0.25) is 0 Å². The van der Waals surface area contributed by atoms with E-state index in [-0.39, 0.29) is 11.7 Å². The Morgan fingerprint density at radius 1 is 1.33 bits per heavy atom. The number of carbonyl (C=O) groups is 1. The molecule has 6 heteroatoms. The van der Waals surface area contributed by atoms with Crippen LogP contribution in [0.5, 0.6) is 6.01 Å². The summed E-state index contributed by atoms with van der Waals surface area (Å²) in [6.45, 7) is 3.83. The van der Waals surface area contributed by atoms with Crippen molar-refractivity contribution < 1.29 is 14.3 Å². The summed E-state index contributed by atoms with van der Waals surface area (Å²) in [4.78, 5) is 23.1. The van der Waals surface area contributed by atoms with Crippen LogP contribution in [0.4, 0.5) is 0 Å². The Labute approximate surface area is 124 Å². The van der Waals surface area contributed by atoms with Crippen molar-refractivity contribution in [2.45, 2.75) is 31.8 Å². The van der Waals surface area contributed by atoms with Gasteiger partial charge in [0.2, 0.25) is 0 Å². The van der Waals surface area contributed by atoms with Gasteiger partial charge < -0.3 is 9.47 Å². The highest BCUT2D eigenvalue weighted by Gasteiger charge is 2.39. The minimum absolute atomic E-state index is 0.0432. The van der Waals surface area contributed by atoms with Crippen LogP contribution in [0, 0.1) is 5.92 Å². The number of fused-ring (bicyclic) bond motifs is 2. The molecule has 6 nitrogen and oxygen atoms in total. The largest absolute Gasteiger partial charge is 0.464 e. The van der Waals surface area contributed by atoms with Crippen LogP contribution < -0.4 is 4.74 Å². The Hall–Kier alpha value is -1.53. The number of aromatic nitrogens is 2. The molecule has 2 fully saturated rings. The van der Waals surface area contributed by atoms with Crippen LogP contribution in [-0.2, 0) is 4.74 Å². The first-order valence-electron chi connectivity index (χ1n) is 7.47. The van der Waals surface area contributed by atoms with E-state index >= 15 is 0 Å². The molecule has 2 aliphatic rings. The van der Waals surface area contributed by atoms with E-state index in [1.165, 1.54) is 0 Å². The molecule has 2 bridgehead atoms. The average molecular weight is 291 g/mol. The fourth-order valence-electron chi connectivity index (χ4n) is 3.19. The monoisotopic (exact) mass is 291 g/mol. The summed E-state index contributed by atoms with van der Waals surface area (Å²) in [6, 6.07) is 1.01. The number of rotatable bonds is 4. The highest BCUT2D eigenvalue weighted by Crippen LogP contribution is 2.32. The first kappa shape index (κ1) is 14.4. The van der Waals surface area contributed by atoms with E-state index in [1.54, 1.807) is 12.4 Å². The van der Waals surface area contributed by atoms with E-state index in [2.05, 4.69) is 21.9 Å². The van der Waals surface area contributed by atoms with Gasteiger partial charge in [-0.1, -0.05) is 0 Å². The number of carbonyl (C=O) groups excluding carboxylic acids is 1. The summed E-state index contributed by atoms with van der Waals surface area (Å²) in [5.74, 6) is 0.185. The van der Waals surface area contributed by atoms with E-state index in [0.29, 0.717) is 30.3 Å². The van der Waals surface area contributed by atoms with E-state index in [1.807, 2.05) is 6.92 Å². The van der Waals surface area contributed by atoms with Gasteiger partial charge in [-0.15, -0.1) is 0 Å². The lowest BCUT2D eigenvalue weighted by atomic mass is 9.81. The van der Waals surface area contributed by atoms with Crippen molar-refractivity contribution in [1.82, 2.24) is 14.9 Å². The summed E-state index contributed by atoms with van der Waals surface area (Å²) in [5, 5.41) is 0. The number of likely N-dealkylation sites (N-methyl/N-ethyl adjacent to an activating group) is 1. The number of hydrogen-bond acceptors (Lipinski definition) is 6. The fraction of sp³-hybridized carbons (Fsp3) is 0.667. The molecule has 0 aliphatic carbocycles. The zero-order valence-corrected chi connectivity index (χ0v) is 12.5. The molecule has 2 aliphatic heterocycles. The molecule has 114 valence electrons. The van der Waals surface area contributed by atoms with Gasteiger partial charge >= 0.3 is 6.01 Å². The van der Waals surface area contributed by atoms with E-state index in [0.717, 1.165) is 26.1 Å². The molecule has 2 atom stereocenters. The summed E-state index contributed by atoms with van der Waals surface area (Å²) in [6.07, 6.45) is 4.84. The Kier molecular flexibility index (Phi) is 4.17. The Morgan fingerprint density at radius 3 is 2.52 bits per heavy atom. The molecule has 0 radical (unpaired) electrons. The smallest absolute Gasteiger partial charge is 0.316 e. The second-order valence-corrected chi connectivity index (χ2v) is 5.73. The number of morpholine rings is 1. The van der Waals surface area contributed by atoms with Gasteiger partial charge in [0.15, 0.2) is 5.78 Å². The van der Waals surface area contributed by atoms with Gasteiger partial charge in [0.1, 0.15) is 0 Å². The fourth-order valence-corrected chi connectivity index (χ4v) is 3.19. The molecule has 0 amide bonds. The molecule has 1 aromatic rings. The predicted octanol–water partition coefficient (Wildman–Crippen LogP) is 1.17. The molecule has 1 aromatic heterocycles. The lowest BCUT2D eigenvalue weighted by Gasteiger charge is -2.46. The number of Topliss-reactive ketones (excluding diaryl/α,β-unsaturated/α-hetero) is 1. The standard InChI is InChI=1S/C15H21N3O3/c1-3-21-15-16-6-11(7-17-15)14(19)10-4-12-8-20-9-13(5-10)18(12)2/h6-7,10,12-13H,3-5,8-9H2,1-2H3. The van der Waals surface area contributed by atoms with E-state index < -0.39 is 0 Å². The van der Waals surface area contributed by atoms with Crippen molar-refractivity contribution in [3.8, 4) is 6.01 Å². The molecule has 0 N–H and O–H groups in total. The van der Waals surface area contributed by atoms with Crippen molar-refractivity contribution in [2.75, 3.05) is 26.9 Å². The Morgan fingerprint density at radius 2 is 1.95 bits per heavy atom. The van der Waals surface area contributed by atoms with Gasteiger partial charge in [-0.2, -0.15) is 0 Å². The third-order valence-electron chi connectivity index (χ3n) is 4.44. The predicted molar refractivity (Wildman–Crippen MR) is 76.4 cm³/mol. The minimum atomic E-state index is 0.0432. The van der Waals surface area contributed by atoms with Gasteiger partial charge in [-0.25, -0.2) is 9.97 Å². The third kappa shape index (κ3) is 2.91. The first-order chi connectivity index (χ1) is 10.2. The number of ketones is 1. The van der Waals surface area contributed by atoms with Gasteiger partial charge in [0.25, 0.3) is 0 Å². The van der Waals surface area contributed by atoms with E-state index in [9.17, 15) is 4.79 Å². The maximum atomic E-state index is 12.6. The van der Waals surface area contributed by atoms with Gasteiger partial charge in [0.05, 0.1) is 25.4 Å². The number of nitrogens with zero attached hydrogens (tertiary/aromatic N) is 3. The molecular formula is C15H21N3O3. The molecule has 3 heterocycles. The van der Waals surface area contributed by atoms with Gasteiger partial charge in [0, 0.05) is 30.4 Å². The first-order valence-corrected chi connectivity index (χ1v) is 7.47. The van der Waals surface area contributed by atoms with Crippen LogP contribution >= 0.6 is 0 Å². The summed E-state index contributed by atoms with van der Waals surface area (Å²) in [7, 11) is 2.12. The van der Waals surface area contributed by atoms with Crippen LogP contribution in [0.1, 0.15) is 30.1 Å². The van der Waals surface area contributed by atoms with Crippen molar-refractivity contribution in [1.29, 1.82) is 0 Å². The molecular weight excluding hydrogens is 270 g/mol. The normalized spacial score (nSPS) is 29.1. The third-order valence-corrected chi connectivity index (χ3v) is 4.44. The van der Waals surface area contributed by atoms with Crippen LogP contribution in [0.3, 0.4) is 0 Å². The maximum absolute atomic E-state index is 12.6. The highest BCUT2D eigenvalue weighted by molar-refractivity contribution is 5.97. The molecule has 3 rings (SSSR count). The van der Waals surface area contributed by atoms with Crippen molar-refractivity contribution in [3.05, 3.63) is 18.0 Å². The topological polar surface area (TPSA) is 64.6 Å². The summed E-state index contributed by atoms with van der Waals surface area (Å²) in [5.41, 5.74) is 0.576. The maximum Gasteiger partial charge on any atom is 0.316 e. The quantitative estimate of drug-likeness (QED) is 0.776. The molecule has 0 spiro atoms. The zero-order valence-electron chi connectivity index (χ0n) is 12.5. The average Bonchev–Trinajstić information content (AvgIpc) is 2.47. The lowest BCUT2D eigenvalue weighted by molar-refractivity contribution is -0.0702. The second-order valence-electron chi connectivity index (χ2n) is 5.73. The highest BCUT2D eigenvalue weighted by atomic mass is 16.5. The molecule has 2 unspecified atom stereocenters. The van der Waals surface area contributed by atoms with E-state index in [4.69, 9.17) is 9.47 Å². The van der Waals surface area contributed by atoms with Crippen LogP contribution in [0.25, 0.3) is 0 Å². The number of hydrogen-bond donors (Lipinski definition) is 0. The molecule has 2 saturated heterocycles. The molecule has 21 heavy (non-hydrogen) atoms. The summed E-state index contributed by atoms with van der Waals surface area (Å²) >= 11 is 0. The SMILES string of the molecule is CCOc1ncc(C(=O)C2CC3COCC(C2)N3C)cn1. The molecule has 0 saturated carbocycles. The zero-order chi connectivity index (χ0) is 14.8. The second kappa shape index (κ2) is 6.07. The van der Waals surface area contributed by atoms with Crippen molar-refractivity contribution in [3.63, 3.8) is 0 Å². The Bertz CT molecular complexity index is 491. The minimum Gasteiger partial charge on any atom is -0.464 e. The van der Waals surface area contributed by atoms with Gasteiger partial charge in [-0.05, 0) is 26.8 Å². The van der Waals surface area contributed by atoms with Crippen LogP contribution in [0.15, 0.2) is 12.4 Å². The van der Waals surface area contributed by atoms with Gasteiger partial charge in [-0.3, -0.25) is 9.69 Å². The van der Waals surface area contributed by atoms with Crippen molar-refractivity contribution >= 4 is 5.78 Å². The van der Waals surface area contributed by atoms with Crippen molar-refractivity contribution in [2.24, 2.45) is 5.92 Å². The molecule has 0 aromatic carbocycles. The number of ether oxygens (including phenoxy) is 2. The Balaban J connectivity index is 1.70. The van der Waals surface area contributed by atoms with Crippen LogP contribution in [-0.4, -0.2) is 59.6 Å². The number of piperidine rings is 1. The summed E-state index contributed by atoms with van der Waals surface area (Å²) < 4.78 is 10.8.